The lowest BCUT2D eigenvalue weighted by Gasteiger charge is -2.23. The zero-order valence-corrected chi connectivity index (χ0v) is 16.4. The Labute approximate surface area is 167 Å². The fourth-order valence-corrected chi connectivity index (χ4v) is 4.82. The minimum atomic E-state index is -0.278. The number of amides is 1. The molecule has 1 aromatic heterocycles. The van der Waals surface area contributed by atoms with Crippen LogP contribution in [0.4, 0.5) is 10.1 Å². The molecule has 1 amide bonds. The van der Waals surface area contributed by atoms with E-state index in [4.69, 9.17) is 5.26 Å². The number of carbonyl (C=O) groups excluding carboxylic acids is 1. The average Bonchev–Trinajstić information content (AvgIpc) is 2.89. The number of anilines is 1. The van der Waals surface area contributed by atoms with Crippen molar-refractivity contribution in [3.05, 3.63) is 64.3 Å². The van der Waals surface area contributed by atoms with Gasteiger partial charge in [0.15, 0.2) is 0 Å². The largest absolute Gasteiger partial charge is 0.370 e. The fourth-order valence-electron chi connectivity index (χ4n) is 3.67. The summed E-state index contributed by atoms with van der Waals surface area (Å²) in [5.74, 6) is -0.249. The molecule has 1 aliphatic rings. The maximum Gasteiger partial charge on any atom is 0.264 e. The van der Waals surface area contributed by atoms with E-state index in [9.17, 15) is 9.18 Å². The first kappa shape index (κ1) is 18.5. The predicted molar refractivity (Wildman–Crippen MR) is 110 cm³/mol. The number of benzene rings is 2. The van der Waals surface area contributed by atoms with Crippen LogP contribution in [0, 0.1) is 24.1 Å². The van der Waals surface area contributed by atoms with Crippen LogP contribution in [0.2, 0.25) is 0 Å². The molecule has 0 bridgehead atoms. The molecule has 4 rings (SSSR count). The number of hydrogen-bond acceptors (Lipinski definition) is 4. The number of aryl methyl sites for hydroxylation is 1. The number of fused-ring (bicyclic) bond motifs is 1. The standard InChI is InChI=1S/C22H20FN3OS/c1-15-19-13-17(23)5-8-20(19)28-21(15)22(27)26-10-2-9-25(11-12-26)18-6-3-16(14-24)4-7-18/h3-8,13H,2,9-12H2,1H3. The van der Waals surface area contributed by atoms with E-state index in [0.29, 0.717) is 23.5 Å². The molecule has 0 N–H and O–H groups in total. The van der Waals surface area contributed by atoms with Crippen molar-refractivity contribution in [2.75, 3.05) is 31.1 Å². The number of halogens is 1. The molecule has 28 heavy (non-hydrogen) atoms. The van der Waals surface area contributed by atoms with Crippen molar-refractivity contribution in [1.29, 1.82) is 5.26 Å². The Morgan fingerprint density at radius 1 is 1.11 bits per heavy atom. The first-order valence-corrected chi connectivity index (χ1v) is 10.1. The highest BCUT2D eigenvalue weighted by molar-refractivity contribution is 7.21. The van der Waals surface area contributed by atoms with Gasteiger partial charge in [-0.2, -0.15) is 5.26 Å². The lowest BCUT2D eigenvalue weighted by molar-refractivity contribution is 0.0771. The van der Waals surface area contributed by atoms with Crippen LogP contribution in [0.15, 0.2) is 42.5 Å². The van der Waals surface area contributed by atoms with Crippen molar-refractivity contribution in [2.45, 2.75) is 13.3 Å². The number of hydrogen-bond donors (Lipinski definition) is 0. The second-order valence-electron chi connectivity index (χ2n) is 6.99. The summed E-state index contributed by atoms with van der Waals surface area (Å²) < 4.78 is 14.5. The summed E-state index contributed by atoms with van der Waals surface area (Å²) in [5, 5.41) is 9.77. The van der Waals surface area contributed by atoms with Gasteiger partial charge in [-0.1, -0.05) is 0 Å². The van der Waals surface area contributed by atoms with Gasteiger partial charge < -0.3 is 9.80 Å². The van der Waals surface area contributed by atoms with Gasteiger partial charge in [0.25, 0.3) is 5.91 Å². The molecule has 3 aromatic rings. The van der Waals surface area contributed by atoms with Crippen LogP contribution in [0.25, 0.3) is 10.1 Å². The Morgan fingerprint density at radius 2 is 1.89 bits per heavy atom. The number of nitrogens with zero attached hydrogens (tertiary/aromatic N) is 3. The topological polar surface area (TPSA) is 47.3 Å². The van der Waals surface area contributed by atoms with Gasteiger partial charge in [-0.15, -0.1) is 11.3 Å². The molecule has 0 aliphatic carbocycles. The minimum absolute atomic E-state index is 0.0285. The highest BCUT2D eigenvalue weighted by Gasteiger charge is 2.24. The molecule has 6 heteroatoms. The van der Waals surface area contributed by atoms with Gasteiger partial charge in [0.1, 0.15) is 5.82 Å². The molecule has 0 unspecified atom stereocenters. The molecule has 2 heterocycles. The molecule has 0 atom stereocenters. The van der Waals surface area contributed by atoms with Crippen molar-refractivity contribution < 1.29 is 9.18 Å². The van der Waals surface area contributed by atoms with Crippen LogP contribution in [-0.2, 0) is 0 Å². The van der Waals surface area contributed by atoms with Gasteiger partial charge in [-0.25, -0.2) is 4.39 Å². The highest BCUT2D eigenvalue weighted by atomic mass is 32.1. The Balaban J connectivity index is 1.52. The van der Waals surface area contributed by atoms with E-state index >= 15 is 0 Å². The smallest absolute Gasteiger partial charge is 0.264 e. The van der Waals surface area contributed by atoms with E-state index in [1.165, 1.54) is 23.5 Å². The van der Waals surface area contributed by atoms with Crippen LogP contribution in [-0.4, -0.2) is 37.0 Å². The zero-order chi connectivity index (χ0) is 19.7. The SMILES string of the molecule is Cc1c(C(=O)N2CCCN(c3ccc(C#N)cc3)CC2)sc2ccc(F)cc12. The van der Waals surface area contributed by atoms with E-state index in [0.717, 1.165) is 40.8 Å². The molecule has 0 spiro atoms. The predicted octanol–water partition coefficient (Wildman–Crippen LogP) is 4.57. The van der Waals surface area contributed by atoms with Crippen molar-refractivity contribution in [3.8, 4) is 6.07 Å². The maximum atomic E-state index is 13.6. The third-order valence-corrected chi connectivity index (χ3v) is 6.50. The summed E-state index contributed by atoms with van der Waals surface area (Å²) in [6, 6.07) is 14.4. The van der Waals surface area contributed by atoms with Crippen molar-refractivity contribution in [3.63, 3.8) is 0 Å². The van der Waals surface area contributed by atoms with Gasteiger partial charge in [0.05, 0.1) is 16.5 Å². The monoisotopic (exact) mass is 393 g/mol. The maximum absolute atomic E-state index is 13.6. The first-order chi connectivity index (χ1) is 13.6. The van der Waals surface area contributed by atoms with Gasteiger partial charge >= 0.3 is 0 Å². The highest BCUT2D eigenvalue weighted by Crippen LogP contribution is 2.32. The lowest BCUT2D eigenvalue weighted by atomic mass is 10.1. The number of nitriles is 1. The van der Waals surface area contributed by atoms with Crippen LogP contribution in [0.3, 0.4) is 0 Å². The second kappa shape index (κ2) is 7.61. The number of thiophene rings is 1. The van der Waals surface area contributed by atoms with Gasteiger partial charge in [0.2, 0.25) is 0 Å². The molecule has 4 nitrogen and oxygen atoms in total. The molecule has 2 aromatic carbocycles. The summed E-state index contributed by atoms with van der Waals surface area (Å²) in [5.41, 5.74) is 2.58. The zero-order valence-electron chi connectivity index (χ0n) is 15.6. The van der Waals surface area contributed by atoms with Crippen LogP contribution < -0.4 is 4.90 Å². The van der Waals surface area contributed by atoms with Crippen molar-refractivity contribution >= 4 is 33.0 Å². The Bertz CT molecular complexity index is 1070. The summed E-state index contributed by atoms with van der Waals surface area (Å²) >= 11 is 1.44. The summed E-state index contributed by atoms with van der Waals surface area (Å²) in [4.78, 5) is 18.0. The third-order valence-electron chi connectivity index (χ3n) is 5.24. The quantitative estimate of drug-likeness (QED) is 0.641. The van der Waals surface area contributed by atoms with Gasteiger partial charge in [-0.05, 0) is 66.8 Å². The first-order valence-electron chi connectivity index (χ1n) is 9.30. The third kappa shape index (κ3) is 3.46. The van der Waals surface area contributed by atoms with E-state index in [1.54, 1.807) is 6.07 Å². The van der Waals surface area contributed by atoms with Crippen LogP contribution in [0.1, 0.15) is 27.2 Å². The summed E-state index contributed by atoms with van der Waals surface area (Å²) in [6.07, 6.45) is 0.879. The Hall–Kier alpha value is -2.91. The summed E-state index contributed by atoms with van der Waals surface area (Å²) in [6.45, 7) is 4.85. The fraction of sp³-hybridized carbons (Fsp3) is 0.273. The van der Waals surface area contributed by atoms with Gasteiger partial charge in [0, 0.05) is 36.6 Å². The lowest BCUT2D eigenvalue weighted by Crippen LogP contribution is -2.35. The second-order valence-corrected chi connectivity index (χ2v) is 8.04. The number of rotatable bonds is 2. The minimum Gasteiger partial charge on any atom is -0.370 e. The van der Waals surface area contributed by atoms with Crippen molar-refractivity contribution in [2.24, 2.45) is 0 Å². The summed E-state index contributed by atoms with van der Waals surface area (Å²) in [7, 11) is 0. The molecule has 0 radical (unpaired) electrons. The molecule has 1 aliphatic heterocycles. The van der Waals surface area contributed by atoms with Crippen molar-refractivity contribution in [1.82, 2.24) is 4.90 Å². The number of carbonyl (C=O) groups is 1. The molecule has 1 saturated heterocycles. The average molecular weight is 393 g/mol. The van der Waals surface area contributed by atoms with E-state index in [2.05, 4.69) is 11.0 Å². The Kier molecular flexibility index (Phi) is 5.01. The van der Waals surface area contributed by atoms with E-state index in [1.807, 2.05) is 36.1 Å². The molecular formula is C22H20FN3OS. The van der Waals surface area contributed by atoms with Crippen LogP contribution >= 0.6 is 11.3 Å². The van der Waals surface area contributed by atoms with E-state index < -0.39 is 0 Å². The molecule has 0 saturated carbocycles. The van der Waals surface area contributed by atoms with E-state index in [-0.39, 0.29) is 11.7 Å². The Morgan fingerprint density at radius 3 is 2.64 bits per heavy atom. The normalized spacial score (nSPS) is 14.8. The molecule has 142 valence electrons. The van der Waals surface area contributed by atoms with Crippen LogP contribution in [0.5, 0.6) is 0 Å². The van der Waals surface area contributed by atoms with Gasteiger partial charge in [-0.3, -0.25) is 4.79 Å². The molecule has 1 fully saturated rings. The molecular weight excluding hydrogens is 373 g/mol.